The van der Waals surface area contributed by atoms with Crippen molar-refractivity contribution in [3.63, 3.8) is 0 Å². The van der Waals surface area contributed by atoms with Crippen molar-refractivity contribution in [3.05, 3.63) is 11.1 Å². The maximum absolute atomic E-state index is 4.29. The molecule has 2 heterocycles. The quantitative estimate of drug-likeness (QED) is 0.806. The van der Waals surface area contributed by atoms with Crippen molar-refractivity contribution in [1.82, 2.24) is 15.2 Å². The Morgan fingerprint density at radius 1 is 1.73 bits per heavy atom. The number of aromatic nitrogens is 1. The van der Waals surface area contributed by atoms with Crippen LogP contribution in [-0.2, 0) is 6.54 Å². The lowest BCUT2D eigenvalue weighted by atomic mass is 10.2. The molecule has 0 bridgehead atoms. The minimum atomic E-state index is 0.624. The Balaban J connectivity index is 1.95. The van der Waals surface area contributed by atoms with E-state index in [1.165, 1.54) is 4.88 Å². The highest BCUT2D eigenvalue weighted by atomic mass is 32.1. The van der Waals surface area contributed by atoms with E-state index in [1.54, 1.807) is 11.3 Å². The van der Waals surface area contributed by atoms with E-state index in [4.69, 9.17) is 0 Å². The molecule has 1 aliphatic rings. The van der Waals surface area contributed by atoms with E-state index in [0.29, 0.717) is 6.04 Å². The minimum Gasteiger partial charge on any atom is -0.365 e. The molecule has 0 spiro atoms. The minimum absolute atomic E-state index is 0.624. The summed E-state index contributed by atoms with van der Waals surface area (Å²) in [7, 11) is 1.91. The van der Waals surface area contributed by atoms with Gasteiger partial charge in [0, 0.05) is 50.3 Å². The summed E-state index contributed by atoms with van der Waals surface area (Å²) in [6.07, 6.45) is 1.98. The number of piperazine rings is 1. The first kappa shape index (κ1) is 10.9. The average Bonchev–Trinajstić information content (AvgIpc) is 2.69. The van der Waals surface area contributed by atoms with Crippen molar-refractivity contribution in [2.45, 2.75) is 19.5 Å². The molecule has 0 radical (unpaired) electrons. The summed E-state index contributed by atoms with van der Waals surface area (Å²) in [6, 6.07) is 0.624. The van der Waals surface area contributed by atoms with Crippen molar-refractivity contribution < 1.29 is 0 Å². The SMILES string of the molecule is CNc1ncc(CN2CCNCC2C)s1. The molecule has 0 saturated carbocycles. The van der Waals surface area contributed by atoms with Gasteiger partial charge in [-0.3, -0.25) is 4.90 Å². The third-order valence-corrected chi connectivity index (χ3v) is 3.76. The predicted octanol–water partition coefficient (Wildman–Crippen LogP) is 0.978. The van der Waals surface area contributed by atoms with Gasteiger partial charge in [-0.05, 0) is 6.92 Å². The van der Waals surface area contributed by atoms with Crippen LogP contribution in [0.5, 0.6) is 0 Å². The molecule has 2 N–H and O–H groups in total. The molecule has 2 rings (SSSR count). The van der Waals surface area contributed by atoms with Crippen LogP contribution in [0.4, 0.5) is 5.13 Å². The van der Waals surface area contributed by atoms with Gasteiger partial charge in [0.05, 0.1) is 0 Å². The number of hydrogen-bond acceptors (Lipinski definition) is 5. The highest BCUT2D eigenvalue weighted by molar-refractivity contribution is 7.15. The van der Waals surface area contributed by atoms with Crippen LogP contribution < -0.4 is 10.6 Å². The van der Waals surface area contributed by atoms with Crippen LogP contribution in [0.1, 0.15) is 11.8 Å². The summed E-state index contributed by atoms with van der Waals surface area (Å²) in [4.78, 5) is 8.13. The zero-order chi connectivity index (χ0) is 10.7. The highest BCUT2D eigenvalue weighted by Gasteiger charge is 2.18. The summed E-state index contributed by atoms with van der Waals surface area (Å²) >= 11 is 1.74. The topological polar surface area (TPSA) is 40.2 Å². The number of nitrogens with one attached hydrogen (secondary N) is 2. The van der Waals surface area contributed by atoms with Crippen molar-refractivity contribution in [2.24, 2.45) is 0 Å². The van der Waals surface area contributed by atoms with Crippen LogP contribution in [-0.4, -0.2) is 42.6 Å². The van der Waals surface area contributed by atoms with E-state index in [0.717, 1.165) is 31.3 Å². The van der Waals surface area contributed by atoms with Gasteiger partial charge in [0.1, 0.15) is 0 Å². The molecule has 0 amide bonds. The summed E-state index contributed by atoms with van der Waals surface area (Å²) in [5.74, 6) is 0. The first-order valence-electron chi connectivity index (χ1n) is 5.37. The summed E-state index contributed by atoms with van der Waals surface area (Å²) in [6.45, 7) is 6.63. The number of anilines is 1. The van der Waals surface area contributed by atoms with Gasteiger partial charge < -0.3 is 10.6 Å². The molecule has 1 saturated heterocycles. The average molecular weight is 226 g/mol. The van der Waals surface area contributed by atoms with Crippen molar-refractivity contribution in [2.75, 3.05) is 32.0 Å². The fourth-order valence-electron chi connectivity index (χ4n) is 1.81. The number of thiazole rings is 1. The molecule has 4 nitrogen and oxygen atoms in total. The normalized spacial score (nSPS) is 22.9. The van der Waals surface area contributed by atoms with Crippen molar-refractivity contribution in [3.8, 4) is 0 Å². The van der Waals surface area contributed by atoms with Crippen molar-refractivity contribution >= 4 is 16.5 Å². The largest absolute Gasteiger partial charge is 0.365 e. The van der Waals surface area contributed by atoms with Gasteiger partial charge in [-0.2, -0.15) is 0 Å². The standard InChI is InChI=1S/C10H18N4S/c1-8-5-12-3-4-14(8)7-9-6-13-10(11-2)15-9/h6,8,12H,3-5,7H2,1-2H3,(H,11,13). The first-order valence-corrected chi connectivity index (χ1v) is 6.18. The van der Waals surface area contributed by atoms with Crippen molar-refractivity contribution in [1.29, 1.82) is 0 Å². The lowest BCUT2D eigenvalue weighted by Gasteiger charge is -2.33. The number of hydrogen-bond donors (Lipinski definition) is 2. The highest BCUT2D eigenvalue weighted by Crippen LogP contribution is 2.20. The summed E-state index contributed by atoms with van der Waals surface area (Å²) < 4.78 is 0. The van der Waals surface area contributed by atoms with E-state index < -0.39 is 0 Å². The van der Waals surface area contributed by atoms with Crippen LogP contribution in [0.2, 0.25) is 0 Å². The zero-order valence-electron chi connectivity index (χ0n) is 9.29. The van der Waals surface area contributed by atoms with Gasteiger partial charge in [-0.15, -0.1) is 11.3 Å². The number of nitrogens with zero attached hydrogens (tertiary/aromatic N) is 2. The van der Waals surface area contributed by atoms with E-state index in [1.807, 2.05) is 13.2 Å². The molecular formula is C10H18N4S. The monoisotopic (exact) mass is 226 g/mol. The predicted molar refractivity (Wildman–Crippen MR) is 64.4 cm³/mol. The first-order chi connectivity index (χ1) is 7.29. The molecular weight excluding hydrogens is 208 g/mol. The zero-order valence-corrected chi connectivity index (χ0v) is 10.1. The Morgan fingerprint density at radius 3 is 3.27 bits per heavy atom. The van der Waals surface area contributed by atoms with Crippen LogP contribution in [0.25, 0.3) is 0 Å². The second kappa shape index (κ2) is 4.92. The van der Waals surface area contributed by atoms with E-state index in [9.17, 15) is 0 Å². The lowest BCUT2D eigenvalue weighted by molar-refractivity contribution is 0.167. The molecule has 1 aromatic heterocycles. The van der Waals surface area contributed by atoms with E-state index in [-0.39, 0.29) is 0 Å². The molecule has 1 atom stereocenters. The van der Waals surface area contributed by atoms with Crippen LogP contribution in [0.3, 0.4) is 0 Å². The van der Waals surface area contributed by atoms with E-state index >= 15 is 0 Å². The molecule has 0 aliphatic carbocycles. The van der Waals surface area contributed by atoms with Gasteiger partial charge in [0.15, 0.2) is 5.13 Å². The second-order valence-corrected chi connectivity index (χ2v) is 5.02. The van der Waals surface area contributed by atoms with Gasteiger partial charge in [-0.1, -0.05) is 0 Å². The molecule has 1 fully saturated rings. The van der Waals surface area contributed by atoms with Gasteiger partial charge in [0.2, 0.25) is 0 Å². The van der Waals surface area contributed by atoms with Gasteiger partial charge >= 0.3 is 0 Å². The Kier molecular flexibility index (Phi) is 3.56. The third kappa shape index (κ3) is 2.68. The van der Waals surface area contributed by atoms with E-state index in [2.05, 4.69) is 27.4 Å². The van der Waals surface area contributed by atoms with Crippen LogP contribution >= 0.6 is 11.3 Å². The Hall–Kier alpha value is -0.650. The molecule has 0 aromatic carbocycles. The number of rotatable bonds is 3. The van der Waals surface area contributed by atoms with Gasteiger partial charge in [-0.25, -0.2) is 4.98 Å². The Bertz CT molecular complexity index is 312. The summed E-state index contributed by atoms with van der Waals surface area (Å²) in [5, 5.41) is 7.48. The molecule has 1 aromatic rings. The summed E-state index contributed by atoms with van der Waals surface area (Å²) in [5.41, 5.74) is 0. The van der Waals surface area contributed by atoms with Crippen LogP contribution in [0.15, 0.2) is 6.20 Å². The molecule has 1 unspecified atom stereocenters. The third-order valence-electron chi connectivity index (χ3n) is 2.77. The maximum Gasteiger partial charge on any atom is 0.182 e. The fraction of sp³-hybridized carbons (Fsp3) is 0.700. The smallest absolute Gasteiger partial charge is 0.182 e. The Morgan fingerprint density at radius 2 is 2.60 bits per heavy atom. The second-order valence-electron chi connectivity index (χ2n) is 3.91. The molecule has 1 aliphatic heterocycles. The molecule has 5 heteroatoms. The Labute approximate surface area is 94.7 Å². The van der Waals surface area contributed by atoms with Gasteiger partial charge in [0.25, 0.3) is 0 Å². The molecule has 15 heavy (non-hydrogen) atoms. The molecule has 84 valence electrons. The fourth-order valence-corrected chi connectivity index (χ4v) is 2.61. The maximum atomic E-state index is 4.29. The van der Waals surface area contributed by atoms with Crippen LogP contribution in [0, 0.1) is 0 Å². The lowest BCUT2D eigenvalue weighted by Crippen LogP contribution is -2.49.